The van der Waals surface area contributed by atoms with Crippen molar-refractivity contribution in [1.29, 1.82) is 0 Å². The highest BCUT2D eigenvalue weighted by molar-refractivity contribution is 7.89. The van der Waals surface area contributed by atoms with Crippen LogP contribution in [0.2, 0.25) is 0 Å². The van der Waals surface area contributed by atoms with E-state index in [1.165, 1.54) is 19.0 Å². The van der Waals surface area contributed by atoms with E-state index in [4.69, 9.17) is 9.47 Å². The number of benzene rings is 1. The van der Waals surface area contributed by atoms with Crippen molar-refractivity contribution in [3.05, 3.63) is 29.6 Å². The summed E-state index contributed by atoms with van der Waals surface area (Å²) in [5.41, 5.74) is -0.547. The van der Waals surface area contributed by atoms with Crippen LogP contribution in [0.4, 0.5) is 4.39 Å². The van der Waals surface area contributed by atoms with Gasteiger partial charge in [0.2, 0.25) is 10.0 Å². The zero-order valence-electron chi connectivity index (χ0n) is 15.6. The molecule has 1 aromatic rings. The summed E-state index contributed by atoms with van der Waals surface area (Å²) < 4.78 is 49.6. The molecule has 0 N–H and O–H groups in total. The Morgan fingerprint density at radius 3 is 2.41 bits per heavy atom. The van der Waals surface area contributed by atoms with Crippen molar-refractivity contribution < 1.29 is 31.9 Å². The van der Waals surface area contributed by atoms with Crippen molar-refractivity contribution in [3.63, 3.8) is 0 Å². The Balaban J connectivity index is 2.09. The van der Waals surface area contributed by atoms with Gasteiger partial charge in [-0.15, -0.1) is 0 Å². The van der Waals surface area contributed by atoms with Crippen LogP contribution in [0.3, 0.4) is 0 Å². The van der Waals surface area contributed by atoms with Crippen LogP contribution in [0.25, 0.3) is 0 Å². The third-order valence-corrected chi connectivity index (χ3v) is 5.85. The van der Waals surface area contributed by atoms with Crippen molar-refractivity contribution in [2.75, 3.05) is 33.8 Å². The molecule has 0 unspecified atom stereocenters. The van der Waals surface area contributed by atoms with E-state index in [1.807, 2.05) is 13.8 Å². The number of halogens is 1. The summed E-state index contributed by atoms with van der Waals surface area (Å²) >= 11 is 0. The lowest BCUT2D eigenvalue weighted by Crippen LogP contribution is -2.49. The highest BCUT2D eigenvalue weighted by Gasteiger charge is 2.27. The van der Waals surface area contributed by atoms with Gasteiger partial charge in [0.05, 0.1) is 22.7 Å². The number of hydrogen-bond donors (Lipinski definition) is 0. The largest absolute Gasteiger partial charge is 0.452 e. The zero-order chi connectivity index (χ0) is 20.4. The zero-order valence-corrected chi connectivity index (χ0v) is 16.5. The quantitative estimate of drug-likeness (QED) is 0.679. The monoisotopic (exact) mass is 402 g/mol. The van der Waals surface area contributed by atoms with Gasteiger partial charge in [-0.25, -0.2) is 21.9 Å². The van der Waals surface area contributed by atoms with Crippen LogP contribution in [-0.2, 0) is 24.3 Å². The molecule has 1 amide bonds. The summed E-state index contributed by atoms with van der Waals surface area (Å²) in [5, 5.41) is 0. The number of amides is 1. The molecule has 0 radical (unpaired) electrons. The first-order valence-corrected chi connectivity index (χ1v) is 9.78. The van der Waals surface area contributed by atoms with Crippen LogP contribution in [0.5, 0.6) is 0 Å². The number of sulfonamides is 1. The fourth-order valence-electron chi connectivity index (χ4n) is 2.71. The maximum atomic E-state index is 14.0. The number of rotatable bonds is 5. The second kappa shape index (κ2) is 8.32. The summed E-state index contributed by atoms with van der Waals surface area (Å²) in [5.74, 6) is -2.47. The second-order valence-electron chi connectivity index (χ2n) is 6.56. The number of esters is 1. The summed E-state index contributed by atoms with van der Waals surface area (Å²) in [4.78, 5) is 25.6. The lowest BCUT2D eigenvalue weighted by molar-refractivity contribution is -0.146. The molecule has 1 aliphatic rings. The Kier molecular flexibility index (Phi) is 6.55. The molecular formula is C17H23FN2O6S. The normalized spacial score (nSPS) is 20.6. The molecule has 150 valence electrons. The molecule has 0 aromatic heterocycles. The van der Waals surface area contributed by atoms with E-state index in [0.29, 0.717) is 13.1 Å². The van der Waals surface area contributed by atoms with E-state index >= 15 is 0 Å². The summed E-state index contributed by atoms with van der Waals surface area (Å²) in [6.45, 7) is 3.82. The molecule has 1 aliphatic heterocycles. The Hall–Kier alpha value is -2.04. The Bertz CT molecular complexity index is 817. The van der Waals surface area contributed by atoms with Crippen LogP contribution in [0.15, 0.2) is 23.1 Å². The van der Waals surface area contributed by atoms with Crippen molar-refractivity contribution in [1.82, 2.24) is 9.21 Å². The SMILES string of the molecule is C[C@@H]1CN(C(=O)COC(=O)c2cc(S(=O)(=O)N(C)C)ccc2F)C[C@H](C)O1. The van der Waals surface area contributed by atoms with E-state index in [0.717, 1.165) is 22.5 Å². The predicted molar refractivity (Wildman–Crippen MR) is 94.1 cm³/mol. The minimum Gasteiger partial charge on any atom is -0.452 e. The molecule has 0 spiro atoms. The maximum absolute atomic E-state index is 14.0. The molecule has 0 aliphatic carbocycles. The molecule has 0 bridgehead atoms. The number of carbonyl (C=O) groups is 2. The molecule has 1 fully saturated rings. The van der Waals surface area contributed by atoms with Gasteiger partial charge in [-0.1, -0.05) is 0 Å². The Morgan fingerprint density at radius 2 is 1.85 bits per heavy atom. The smallest absolute Gasteiger partial charge is 0.341 e. The minimum absolute atomic E-state index is 0.140. The first kappa shape index (κ1) is 21.3. The number of carbonyl (C=O) groups excluding carboxylic acids is 2. The van der Waals surface area contributed by atoms with Gasteiger partial charge >= 0.3 is 5.97 Å². The van der Waals surface area contributed by atoms with E-state index in [1.54, 1.807) is 0 Å². The molecule has 0 saturated carbocycles. The maximum Gasteiger partial charge on any atom is 0.341 e. The standard InChI is InChI=1S/C17H23FN2O6S/c1-11-8-20(9-12(2)26-11)16(21)10-25-17(22)14-7-13(5-6-15(14)18)27(23,24)19(3)4/h5-7,11-12H,8-10H2,1-4H3/t11-,12+. The summed E-state index contributed by atoms with van der Waals surface area (Å²) in [6, 6.07) is 2.83. The molecular weight excluding hydrogens is 379 g/mol. The van der Waals surface area contributed by atoms with Gasteiger partial charge in [-0.2, -0.15) is 0 Å². The molecule has 1 aromatic carbocycles. The topological polar surface area (TPSA) is 93.2 Å². The number of nitrogens with zero attached hydrogens (tertiary/aromatic N) is 2. The van der Waals surface area contributed by atoms with E-state index in [9.17, 15) is 22.4 Å². The molecule has 1 heterocycles. The predicted octanol–water partition coefficient (Wildman–Crippen LogP) is 0.869. The third-order valence-electron chi connectivity index (χ3n) is 4.04. The van der Waals surface area contributed by atoms with Crippen molar-refractivity contribution in [3.8, 4) is 0 Å². The molecule has 2 atom stereocenters. The summed E-state index contributed by atoms with van der Waals surface area (Å²) in [6.07, 6.45) is -0.280. The van der Waals surface area contributed by atoms with Gasteiger partial charge in [0.1, 0.15) is 5.82 Å². The van der Waals surface area contributed by atoms with E-state index in [2.05, 4.69) is 0 Å². The van der Waals surface area contributed by atoms with Crippen LogP contribution < -0.4 is 0 Å². The lowest BCUT2D eigenvalue weighted by atomic mass is 10.2. The average Bonchev–Trinajstić information content (AvgIpc) is 2.58. The van der Waals surface area contributed by atoms with Crippen molar-refractivity contribution in [2.24, 2.45) is 0 Å². The van der Waals surface area contributed by atoms with E-state index in [-0.39, 0.29) is 17.1 Å². The van der Waals surface area contributed by atoms with Crippen LogP contribution in [-0.4, -0.2) is 75.5 Å². The Morgan fingerprint density at radius 1 is 1.26 bits per heavy atom. The molecule has 10 heteroatoms. The fourth-order valence-corrected chi connectivity index (χ4v) is 3.64. The van der Waals surface area contributed by atoms with Gasteiger partial charge in [-0.3, -0.25) is 4.79 Å². The Labute approximate surface area is 157 Å². The van der Waals surface area contributed by atoms with Crippen LogP contribution in [0.1, 0.15) is 24.2 Å². The van der Waals surface area contributed by atoms with Crippen molar-refractivity contribution >= 4 is 21.9 Å². The van der Waals surface area contributed by atoms with Gasteiger partial charge in [-0.05, 0) is 32.0 Å². The first-order chi connectivity index (χ1) is 12.5. The van der Waals surface area contributed by atoms with Crippen LogP contribution in [0, 0.1) is 5.82 Å². The van der Waals surface area contributed by atoms with E-state index < -0.39 is 39.9 Å². The van der Waals surface area contributed by atoms with Gasteiger partial charge in [0, 0.05) is 27.2 Å². The fraction of sp³-hybridized carbons (Fsp3) is 0.529. The molecule has 2 rings (SSSR count). The average molecular weight is 402 g/mol. The number of hydrogen-bond acceptors (Lipinski definition) is 6. The highest BCUT2D eigenvalue weighted by atomic mass is 32.2. The molecule has 27 heavy (non-hydrogen) atoms. The minimum atomic E-state index is -3.84. The highest BCUT2D eigenvalue weighted by Crippen LogP contribution is 2.19. The number of ether oxygens (including phenoxy) is 2. The second-order valence-corrected chi connectivity index (χ2v) is 8.71. The van der Waals surface area contributed by atoms with Gasteiger partial charge in [0.15, 0.2) is 6.61 Å². The first-order valence-electron chi connectivity index (χ1n) is 8.34. The molecule has 8 nitrogen and oxygen atoms in total. The number of morpholine rings is 1. The summed E-state index contributed by atoms with van der Waals surface area (Å²) in [7, 11) is -1.20. The third kappa shape index (κ3) is 5.02. The lowest BCUT2D eigenvalue weighted by Gasteiger charge is -2.35. The van der Waals surface area contributed by atoms with Gasteiger partial charge < -0.3 is 14.4 Å². The van der Waals surface area contributed by atoms with Gasteiger partial charge in [0.25, 0.3) is 5.91 Å². The van der Waals surface area contributed by atoms with Crippen molar-refractivity contribution in [2.45, 2.75) is 31.0 Å². The van der Waals surface area contributed by atoms with Crippen LogP contribution >= 0.6 is 0 Å². The molecule has 1 saturated heterocycles.